The van der Waals surface area contributed by atoms with Crippen LogP contribution in [0.3, 0.4) is 0 Å². The van der Waals surface area contributed by atoms with E-state index < -0.39 is 12.6 Å². The van der Waals surface area contributed by atoms with Crippen molar-refractivity contribution in [2.24, 2.45) is 0 Å². The third kappa shape index (κ3) is 5.30. The van der Waals surface area contributed by atoms with Gasteiger partial charge in [-0.25, -0.2) is 0 Å². The number of benzene rings is 1. The van der Waals surface area contributed by atoms with E-state index in [1.54, 1.807) is 12.1 Å². The van der Waals surface area contributed by atoms with Gasteiger partial charge in [0.25, 0.3) is 0 Å². The average molecular weight is 354 g/mol. The van der Waals surface area contributed by atoms with Crippen molar-refractivity contribution in [2.75, 3.05) is 13.7 Å². The topological polar surface area (TPSA) is 67.8 Å². The van der Waals surface area contributed by atoms with Crippen LogP contribution in [0.25, 0.3) is 0 Å². The molecule has 0 aliphatic carbocycles. The summed E-state index contributed by atoms with van der Waals surface area (Å²) in [6, 6.07) is 3.16. The minimum absolute atomic E-state index is 0.00484. The molecule has 0 aliphatic heterocycles. The van der Waals surface area contributed by atoms with Gasteiger partial charge in [-0.2, -0.15) is 8.78 Å². The minimum atomic E-state index is -2.94. The Hall–Kier alpha value is -1.41. The van der Waals surface area contributed by atoms with Crippen LogP contribution in [0, 0.1) is 0 Å². The molecule has 0 unspecified atom stereocenters. The second kappa shape index (κ2) is 8.01. The minimum Gasteiger partial charge on any atom is -0.493 e. The van der Waals surface area contributed by atoms with Gasteiger partial charge in [-0.05, 0) is 33.6 Å². The predicted molar refractivity (Wildman–Crippen MR) is 71.3 cm³/mol. The molecule has 20 heavy (non-hydrogen) atoms. The highest BCUT2D eigenvalue weighted by Gasteiger charge is 2.15. The van der Waals surface area contributed by atoms with Gasteiger partial charge in [-0.1, -0.05) is 0 Å². The number of carboxylic acids is 1. The molecule has 0 atom stereocenters. The first-order chi connectivity index (χ1) is 9.43. The first kappa shape index (κ1) is 16.6. The maximum atomic E-state index is 12.3. The zero-order valence-corrected chi connectivity index (χ0v) is 12.2. The summed E-state index contributed by atoms with van der Waals surface area (Å²) in [6.45, 7) is -2.25. The first-order valence-corrected chi connectivity index (χ1v) is 6.47. The largest absolute Gasteiger partial charge is 0.493 e. The summed E-state index contributed by atoms with van der Waals surface area (Å²) >= 11 is 3.14. The number of methoxy groups -OCH3 is 1. The van der Waals surface area contributed by atoms with E-state index in [0.717, 1.165) is 5.56 Å². The van der Waals surface area contributed by atoms with Crippen LogP contribution < -0.4 is 14.8 Å². The van der Waals surface area contributed by atoms with Crippen molar-refractivity contribution in [2.45, 2.75) is 19.6 Å². The van der Waals surface area contributed by atoms with E-state index in [9.17, 15) is 13.6 Å². The van der Waals surface area contributed by atoms with Crippen LogP contribution in [0.2, 0.25) is 0 Å². The van der Waals surface area contributed by atoms with Crippen LogP contribution >= 0.6 is 15.9 Å². The van der Waals surface area contributed by atoms with E-state index in [0.29, 0.717) is 17.6 Å². The fourth-order valence-electron chi connectivity index (χ4n) is 1.51. The van der Waals surface area contributed by atoms with Crippen LogP contribution in [-0.2, 0) is 11.3 Å². The fraction of sp³-hybridized carbons (Fsp3) is 0.417. The van der Waals surface area contributed by atoms with Crippen LogP contribution in [0.15, 0.2) is 16.6 Å². The second-order valence-electron chi connectivity index (χ2n) is 3.81. The van der Waals surface area contributed by atoms with Crippen molar-refractivity contribution in [3.05, 3.63) is 22.2 Å². The Morgan fingerprint density at radius 3 is 2.75 bits per heavy atom. The number of aliphatic carboxylic acids is 1. The van der Waals surface area contributed by atoms with E-state index >= 15 is 0 Å². The molecule has 0 aliphatic rings. The normalized spacial score (nSPS) is 10.7. The van der Waals surface area contributed by atoms with Gasteiger partial charge in [0.1, 0.15) is 0 Å². The van der Waals surface area contributed by atoms with Gasteiger partial charge >= 0.3 is 12.6 Å². The van der Waals surface area contributed by atoms with Gasteiger partial charge in [0.2, 0.25) is 0 Å². The summed E-state index contributed by atoms with van der Waals surface area (Å²) in [6.07, 6.45) is 0.00484. The number of alkyl halides is 2. The molecule has 0 aromatic heterocycles. The maximum absolute atomic E-state index is 12.3. The summed E-state index contributed by atoms with van der Waals surface area (Å²) in [5, 5.41) is 11.4. The molecule has 112 valence electrons. The molecule has 0 spiro atoms. The lowest BCUT2D eigenvalue weighted by Gasteiger charge is -2.14. The van der Waals surface area contributed by atoms with E-state index in [4.69, 9.17) is 9.84 Å². The molecule has 0 amide bonds. The molecule has 0 radical (unpaired) electrons. The van der Waals surface area contributed by atoms with Gasteiger partial charge in [0, 0.05) is 13.1 Å². The molecule has 0 heterocycles. The van der Waals surface area contributed by atoms with E-state index in [1.165, 1.54) is 7.11 Å². The average Bonchev–Trinajstić information content (AvgIpc) is 2.36. The van der Waals surface area contributed by atoms with E-state index in [2.05, 4.69) is 26.0 Å². The molecular formula is C12H14BrF2NO4. The lowest BCUT2D eigenvalue weighted by Crippen LogP contribution is -2.17. The van der Waals surface area contributed by atoms with Crippen molar-refractivity contribution in [1.29, 1.82) is 0 Å². The van der Waals surface area contributed by atoms with Gasteiger partial charge in [-0.15, -0.1) is 0 Å². The number of halogens is 3. The molecule has 0 fully saturated rings. The summed E-state index contributed by atoms with van der Waals surface area (Å²) in [5.41, 5.74) is 0.751. The third-order valence-electron chi connectivity index (χ3n) is 2.34. The number of rotatable bonds is 8. The van der Waals surface area contributed by atoms with E-state index in [-0.39, 0.29) is 17.9 Å². The lowest BCUT2D eigenvalue weighted by molar-refractivity contribution is -0.136. The molecule has 1 rings (SSSR count). The zero-order valence-electron chi connectivity index (χ0n) is 10.7. The lowest BCUT2D eigenvalue weighted by atomic mass is 10.2. The molecule has 8 heteroatoms. The highest BCUT2D eigenvalue weighted by molar-refractivity contribution is 9.10. The second-order valence-corrected chi connectivity index (χ2v) is 4.66. The SMILES string of the molecule is COc1cc(CNCCC(=O)O)cc(Br)c1OC(F)F. The number of carbonyl (C=O) groups is 1. The van der Waals surface area contributed by atoms with Crippen LogP contribution in [0.1, 0.15) is 12.0 Å². The molecule has 2 N–H and O–H groups in total. The monoisotopic (exact) mass is 353 g/mol. The fourth-order valence-corrected chi connectivity index (χ4v) is 2.09. The highest BCUT2D eigenvalue weighted by Crippen LogP contribution is 2.37. The summed E-state index contributed by atoms with van der Waals surface area (Å²) < 4.78 is 34.3. The Morgan fingerprint density at radius 2 is 2.20 bits per heavy atom. The molecule has 0 saturated heterocycles. The molecule has 5 nitrogen and oxygen atoms in total. The molecule has 1 aromatic rings. The number of ether oxygens (including phenoxy) is 2. The van der Waals surface area contributed by atoms with Crippen molar-refractivity contribution >= 4 is 21.9 Å². The quantitative estimate of drug-likeness (QED) is 0.703. The zero-order chi connectivity index (χ0) is 15.1. The number of nitrogens with one attached hydrogen (secondary N) is 1. The predicted octanol–water partition coefficient (Wildman–Crippen LogP) is 2.62. The maximum Gasteiger partial charge on any atom is 0.387 e. The first-order valence-electron chi connectivity index (χ1n) is 5.67. The van der Waals surface area contributed by atoms with E-state index in [1.807, 2.05) is 0 Å². The summed E-state index contributed by atoms with van der Waals surface area (Å²) in [7, 11) is 1.35. The highest BCUT2D eigenvalue weighted by atomic mass is 79.9. The van der Waals surface area contributed by atoms with Crippen LogP contribution in [-0.4, -0.2) is 31.3 Å². The standard InChI is InChI=1S/C12H14BrF2NO4/c1-19-9-5-7(6-16-3-2-10(17)18)4-8(13)11(9)20-12(14)15/h4-5,12,16H,2-3,6H2,1H3,(H,17,18). The number of hydrogen-bond donors (Lipinski definition) is 2. The molecule has 0 saturated carbocycles. The number of carboxylic acid groups (broad SMARTS) is 1. The van der Waals surface area contributed by atoms with Crippen LogP contribution in [0.5, 0.6) is 11.5 Å². The van der Waals surface area contributed by atoms with Crippen molar-refractivity contribution in [3.8, 4) is 11.5 Å². The summed E-state index contributed by atoms with van der Waals surface area (Å²) in [5.74, 6) is -0.788. The van der Waals surface area contributed by atoms with Gasteiger partial charge < -0.3 is 19.9 Å². The Balaban J connectivity index is 2.74. The van der Waals surface area contributed by atoms with Crippen LogP contribution in [0.4, 0.5) is 8.78 Å². The molecule has 1 aromatic carbocycles. The van der Waals surface area contributed by atoms with Gasteiger partial charge in [-0.3, -0.25) is 4.79 Å². The van der Waals surface area contributed by atoms with Crippen molar-refractivity contribution < 1.29 is 28.2 Å². The molecular weight excluding hydrogens is 340 g/mol. The van der Waals surface area contributed by atoms with Gasteiger partial charge in [0.15, 0.2) is 11.5 Å². The Bertz CT molecular complexity index is 471. The molecule has 0 bridgehead atoms. The van der Waals surface area contributed by atoms with Crippen molar-refractivity contribution in [3.63, 3.8) is 0 Å². The Morgan fingerprint density at radius 1 is 1.50 bits per heavy atom. The van der Waals surface area contributed by atoms with Gasteiger partial charge in [0.05, 0.1) is 18.0 Å². The number of hydrogen-bond acceptors (Lipinski definition) is 4. The Labute approximate surface area is 123 Å². The smallest absolute Gasteiger partial charge is 0.387 e. The third-order valence-corrected chi connectivity index (χ3v) is 2.93. The Kier molecular flexibility index (Phi) is 6.66. The van der Waals surface area contributed by atoms with Crippen molar-refractivity contribution in [1.82, 2.24) is 5.32 Å². The summed E-state index contributed by atoms with van der Waals surface area (Å²) in [4.78, 5) is 10.4.